The van der Waals surface area contributed by atoms with Gasteiger partial charge in [-0.1, -0.05) is 36.4 Å². The summed E-state index contributed by atoms with van der Waals surface area (Å²) in [4.78, 5) is 26.0. The van der Waals surface area contributed by atoms with Crippen LogP contribution >= 0.6 is 0 Å². The second kappa shape index (κ2) is 7.85. The van der Waals surface area contributed by atoms with Crippen LogP contribution in [-0.4, -0.2) is 51.4 Å². The van der Waals surface area contributed by atoms with Crippen molar-refractivity contribution in [2.45, 2.75) is 4.90 Å². The summed E-state index contributed by atoms with van der Waals surface area (Å²) in [6.07, 6.45) is 3.11. The van der Waals surface area contributed by atoms with E-state index in [0.717, 1.165) is 9.69 Å². The Bertz CT molecular complexity index is 1050. The van der Waals surface area contributed by atoms with Crippen molar-refractivity contribution in [1.29, 1.82) is 0 Å². The lowest BCUT2D eigenvalue weighted by Gasteiger charge is -2.20. The summed E-state index contributed by atoms with van der Waals surface area (Å²) in [5.74, 6) is -1.22. The first-order valence-electron chi connectivity index (χ1n) is 8.60. The smallest absolute Gasteiger partial charge is 0.327 e. The second-order valence-corrected chi connectivity index (χ2v) is 8.01. The first-order valence-corrected chi connectivity index (χ1v) is 10.0. The molecule has 0 fully saturated rings. The van der Waals surface area contributed by atoms with Gasteiger partial charge in [-0.05, 0) is 17.5 Å². The third-order valence-corrected chi connectivity index (χ3v) is 6.16. The average Bonchev–Trinajstić information content (AvgIpc) is 2.89. The van der Waals surface area contributed by atoms with Crippen molar-refractivity contribution in [1.82, 2.24) is 4.90 Å². The summed E-state index contributed by atoms with van der Waals surface area (Å²) in [5, 5.41) is 1.35. The van der Waals surface area contributed by atoms with E-state index in [1.54, 1.807) is 30.4 Å². The molecule has 1 aliphatic rings. The van der Waals surface area contributed by atoms with Gasteiger partial charge in [-0.2, -0.15) is 0 Å². The topological polar surface area (TPSA) is 84.0 Å². The Morgan fingerprint density at radius 1 is 1.07 bits per heavy atom. The van der Waals surface area contributed by atoms with Crippen LogP contribution in [0.5, 0.6) is 0 Å². The van der Waals surface area contributed by atoms with Gasteiger partial charge in [-0.25, -0.2) is 8.42 Å². The van der Waals surface area contributed by atoms with Gasteiger partial charge in [-0.3, -0.25) is 13.9 Å². The SMILES string of the molecule is C=CCN(CC=C)C(=O)COC(=O)CN1c2cccc3cccc(c23)S1(=O)=O. The van der Waals surface area contributed by atoms with E-state index >= 15 is 0 Å². The normalized spacial score (nSPS) is 13.9. The van der Waals surface area contributed by atoms with Crippen LogP contribution in [0.15, 0.2) is 66.6 Å². The van der Waals surface area contributed by atoms with Crippen LogP contribution in [0, 0.1) is 0 Å². The summed E-state index contributed by atoms with van der Waals surface area (Å²) < 4.78 is 31.7. The number of benzene rings is 2. The Morgan fingerprint density at radius 2 is 1.71 bits per heavy atom. The number of hydrogen-bond donors (Lipinski definition) is 0. The van der Waals surface area contributed by atoms with Crippen molar-refractivity contribution in [2.24, 2.45) is 0 Å². The van der Waals surface area contributed by atoms with Gasteiger partial charge in [0.2, 0.25) is 0 Å². The quantitative estimate of drug-likeness (QED) is 0.500. The van der Waals surface area contributed by atoms with E-state index in [9.17, 15) is 18.0 Å². The van der Waals surface area contributed by atoms with E-state index in [-0.39, 0.29) is 4.90 Å². The zero-order valence-electron chi connectivity index (χ0n) is 15.2. The fourth-order valence-electron chi connectivity index (χ4n) is 3.11. The number of esters is 1. The van der Waals surface area contributed by atoms with Crippen LogP contribution in [0.4, 0.5) is 5.69 Å². The van der Waals surface area contributed by atoms with Crippen LogP contribution in [0.25, 0.3) is 10.8 Å². The van der Waals surface area contributed by atoms with E-state index in [0.29, 0.717) is 24.2 Å². The molecule has 3 rings (SSSR count). The molecule has 2 aromatic rings. The number of hydrogen-bond acceptors (Lipinski definition) is 5. The van der Waals surface area contributed by atoms with Crippen LogP contribution in [0.3, 0.4) is 0 Å². The number of nitrogens with zero attached hydrogens (tertiary/aromatic N) is 2. The molecular formula is C20H20N2O5S. The summed E-state index contributed by atoms with van der Waals surface area (Å²) in [6.45, 7) is 6.74. The number of carbonyl (C=O) groups excluding carboxylic acids is 2. The maximum atomic E-state index is 12.8. The molecule has 0 aliphatic carbocycles. The monoisotopic (exact) mass is 400 g/mol. The van der Waals surface area contributed by atoms with Crippen LogP contribution in [-0.2, 0) is 24.3 Å². The molecule has 0 saturated heterocycles. The third kappa shape index (κ3) is 3.50. The van der Waals surface area contributed by atoms with Crippen LogP contribution in [0.1, 0.15) is 0 Å². The number of sulfonamides is 1. The van der Waals surface area contributed by atoms with Gasteiger partial charge in [0.1, 0.15) is 6.54 Å². The van der Waals surface area contributed by atoms with Crippen molar-refractivity contribution >= 4 is 38.4 Å². The minimum Gasteiger partial charge on any atom is -0.454 e. The lowest BCUT2D eigenvalue weighted by molar-refractivity contribution is -0.150. The lowest BCUT2D eigenvalue weighted by atomic mass is 10.1. The van der Waals surface area contributed by atoms with Crippen LogP contribution in [0.2, 0.25) is 0 Å². The summed E-state index contributed by atoms with van der Waals surface area (Å²) in [6, 6.07) is 10.2. The highest BCUT2D eigenvalue weighted by molar-refractivity contribution is 7.93. The standard InChI is InChI=1S/C20H20N2O5S/c1-3-11-21(12-4-2)18(23)14-27-19(24)13-22-16-9-5-7-15-8-6-10-17(20(15)16)28(22,25)26/h3-10H,1-2,11-14H2. The highest BCUT2D eigenvalue weighted by Crippen LogP contribution is 2.41. The number of amides is 1. The van der Waals surface area contributed by atoms with Gasteiger partial charge in [0, 0.05) is 18.5 Å². The molecule has 1 amide bonds. The van der Waals surface area contributed by atoms with Crippen molar-refractivity contribution in [3.05, 3.63) is 61.7 Å². The fraction of sp³-hybridized carbons (Fsp3) is 0.200. The van der Waals surface area contributed by atoms with Crippen LogP contribution < -0.4 is 4.31 Å². The molecule has 28 heavy (non-hydrogen) atoms. The Kier molecular flexibility index (Phi) is 5.51. The van der Waals surface area contributed by atoms with Gasteiger partial charge in [-0.15, -0.1) is 13.2 Å². The first kappa shape index (κ1) is 19.6. The van der Waals surface area contributed by atoms with E-state index < -0.39 is 35.1 Å². The molecular weight excluding hydrogens is 380 g/mol. The highest BCUT2D eigenvalue weighted by atomic mass is 32.2. The summed E-state index contributed by atoms with van der Waals surface area (Å²) in [5.41, 5.74) is 0.427. The number of anilines is 1. The predicted octanol–water partition coefficient (Wildman–Crippen LogP) is 2.09. The molecule has 1 aliphatic heterocycles. The molecule has 0 aromatic heterocycles. The van der Waals surface area contributed by atoms with Crippen molar-refractivity contribution < 1.29 is 22.7 Å². The molecule has 0 atom stereocenters. The van der Waals surface area contributed by atoms with E-state index in [1.165, 1.54) is 11.0 Å². The minimum atomic E-state index is -3.86. The highest BCUT2D eigenvalue weighted by Gasteiger charge is 2.37. The minimum absolute atomic E-state index is 0.160. The lowest BCUT2D eigenvalue weighted by Crippen LogP contribution is -2.37. The number of rotatable bonds is 8. The van der Waals surface area contributed by atoms with E-state index in [2.05, 4.69) is 13.2 Å². The maximum absolute atomic E-state index is 12.8. The Labute approximate surface area is 163 Å². The molecule has 0 radical (unpaired) electrons. The second-order valence-electron chi connectivity index (χ2n) is 6.18. The zero-order valence-corrected chi connectivity index (χ0v) is 16.0. The van der Waals surface area contributed by atoms with Gasteiger partial charge >= 0.3 is 5.97 Å². The van der Waals surface area contributed by atoms with Gasteiger partial charge < -0.3 is 9.64 Å². The largest absolute Gasteiger partial charge is 0.454 e. The van der Waals surface area contributed by atoms with Crippen molar-refractivity contribution in [3.8, 4) is 0 Å². The van der Waals surface area contributed by atoms with Gasteiger partial charge in [0.05, 0.1) is 10.6 Å². The predicted molar refractivity (Wildman–Crippen MR) is 106 cm³/mol. The summed E-state index contributed by atoms with van der Waals surface area (Å²) in [7, 11) is -3.86. The zero-order chi connectivity index (χ0) is 20.3. The fourth-order valence-corrected chi connectivity index (χ4v) is 4.77. The third-order valence-electron chi connectivity index (χ3n) is 4.36. The van der Waals surface area contributed by atoms with Gasteiger partial charge in [0.15, 0.2) is 6.61 Å². The van der Waals surface area contributed by atoms with Gasteiger partial charge in [0.25, 0.3) is 15.9 Å². The Balaban J connectivity index is 1.73. The molecule has 0 N–H and O–H groups in total. The number of carbonyl (C=O) groups is 2. The number of ether oxygens (including phenoxy) is 1. The molecule has 0 unspecified atom stereocenters. The van der Waals surface area contributed by atoms with Crippen molar-refractivity contribution in [2.75, 3.05) is 30.5 Å². The molecule has 2 aromatic carbocycles. The molecule has 7 nitrogen and oxygen atoms in total. The Morgan fingerprint density at radius 3 is 2.36 bits per heavy atom. The molecule has 0 spiro atoms. The molecule has 8 heteroatoms. The molecule has 146 valence electrons. The molecule has 0 saturated carbocycles. The average molecular weight is 400 g/mol. The molecule has 1 heterocycles. The first-order chi connectivity index (χ1) is 13.4. The molecule has 0 bridgehead atoms. The van der Waals surface area contributed by atoms with E-state index in [4.69, 9.17) is 4.74 Å². The summed E-state index contributed by atoms with van der Waals surface area (Å²) >= 11 is 0. The Hall–Kier alpha value is -3.13. The maximum Gasteiger partial charge on any atom is 0.327 e. The van der Waals surface area contributed by atoms with Crippen molar-refractivity contribution in [3.63, 3.8) is 0 Å². The van der Waals surface area contributed by atoms with E-state index in [1.807, 2.05) is 12.1 Å².